The van der Waals surface area contributed by atoms with E-state index in [1.165, 1.54) is 0 Å². The molecule has 0 aliphatic rings. The average molecular weight is 205 g/mol. The van der Waals surface area contributed by atoms with Crippen LogP contribution in [0.3, 0.4) is 0 Å². The minimum absolute atomic E-state index is 0.109. The molecule has 0 aromatic heterocycles. The van der Waals surface area contributed by atoms with Gasteiger partial charge in [-0.15, -0.1) is 0 Å². The van der Waals surface area contributed by atoms with Crippen molar-refractivity contribution in [2.24, 2.45) is 5.92 Å². The molecule has 0 aliphatic carbocycles. The van der Waals surface area contributed by atoms with Crippen molar-refractivity contribution in [2.75, 3.05) is 46.6 Å². The van der Waals surface area contributed by atoms with Crippen molar-refractivity contribution < 1.29 is 14.6 Å². The van der Waals surface area contributed by atoms with Gasteiger partial charge >= 0.3 is 0 Å². The molecule has 2 N–H and O–H groups in total. The first-order valence-corrected chi connectivity index (χ1v) is 5.19. The van der Waals surface area contributed by atoms with Crippen LogP contribution >= 0.6 is 0 Å². The van der Waals surface area contributed by atoms with E-state index in [0.717, 1.165) is 26.1 Å². The summed E-state index contributed by atoms with van der Waals surface area (Å²) < 4.78 is 10.1. The third-order valence-corrected chi connectivity index (χ3v) is 1.82. The maximum atomic E-state index is 8.45. The summed E-state index contributed by atoms with van der Waals surface area (Å²) in [4.78, 5) is 0. The van der Waals surface area contributed by atoms with Crippen molar-refractivity contribution in [1.29, 1.82) is 0 Å². The fraction of sp³-hybridized carbons (Fsp3) is 1.00. The number of ether oxygens (including phenoxy) is 2. The van der Waals surface area contributed by atoms with Gasteiger partial charge in [0.15, 0.2) is 0 Å². The van der Waals surface area contributed by atoms with Crippen LogP contribution in [0.4, 0.5) is 0 Å². The third kappa shape index (κ3) is 9.92. The summed E-state index contributed by atoms with van der Waals surface area (Å²) >= 11 is 0. The minimum atomic E-state index is 0.109. The quantitative estimate of drug-likeness (QED) is 0.502. The molecule has 0 rings (SSSR count). The van der Waals surface area contributed by atoms with E-state index in [1.54, 1.807) is 7.11 Å². The highest BCUT2D eigenvalue weighted by Gasteiger charge is 1.99. The molecular weight excluding hydrogens is 182 g/mol. The molecule has 4 heteroatoms. The fourth-order valence-corrected chi connectivity index (χ4v) is 1.16. The summed E-state index contributed by atoms with van der Waals surface area (Å²) in [6.07, 6.45) is 0.986. The van der Waals surface area contributed by atoms with Gasteiger partial charge in [0.25, 0.3) is 0 Å². The number of methoxy groups -OCH3 is 1. The maximum absolute atomic E-state index is 8.45. The summed E-state index contributed by atoms with van der Waals surface area (Å²) in [5.74, 6) is 0.554. The molecule has 0 saturated heterocycles. The maximum Gasteiger partial charge on any atom is 0.0697 e. The van der Waals surface area contributed by atoms with Gasteiger partial charge in [-0.1, -0.05) is 6.92 Å². The SMILES string of the molecule is COCC(C)CNCCCOCCO. The fourth-order valence-electron chi connectivity index (χ4n) is 1.16. The lowest BCUT2D eigenvalue weighted by atomic mass is 10.2. The Balaban J connectivity index is 2.98. The minimum Gasteiger partial charge on any atom is -0.394 e. The van der Waals surface area contributed by atoms with Gasteiger partial charge in [0.2, 0.25) is 0 Å². The normalized spacial score (nSPS) is 13.1. The Kier molecular flexibility index (Phi) is 10.8. The molecule has 0 aliphatic heterocycles. The summed E-state index contributed by atoms with van der Waals surface area (Å²) in [6.45, 7) is 6.16. The Bertz CT molecular complexity index is 112. The van der Waals surface area contributed by atoms with Crippen molar-refractivity contribution in [2.45, 2.75) is 13.3 Å². The lowest BCUT2D eigenvalue weighted by Crippen LogP contribution is -2.25. The van der Waals surface area contributed by atoms with Crippen molar-refractivity contribution in [3.63, 3.8) is 0 Å². The second-order valence-corrected chi connectivity index (χ2v) is 3.45. The molecule has 0 aromatic rings. The van der Waals surface area contributed by atoms with Crippen LogP contribution in [0.2, 0.25) is 0 Å². The number of aliphatic hydroxyl groups excluding tert-OH is 1. The van der Waals surface area contributed by atoms with Gasteiger partial charge in [0.05, 0.1) is 13.2 Å². The molecule has 1 atom stereocenters. The molecule has 0 radical (unpaired) electrons. The van der Waals surface area contributed by atoms with Crippen LogP contribution in [-0.2, 0) is 9.47 Å². The second-order valence-electron chi connectivity index (χ2n) is 3.45. The van der Waals surface area contributed by atoms with E-state index < -0.39 is 0 Å². The molecule has 4 nitrogen and oxygen atoms in total. The average Bonchev–Trinajstić information content (AvgIpc) is 2.17. The highest BCUT2D eigenvalue weighted by atomic mass is 16.5. The zero-order chi connectivity index (χ0) is 10.6. The largest absolute Gasteiger partial charge is 0.394 e. The smallest absolute Gasteiger partial charge is 0.0697 e. The van der Waals surface area contributed by atoms with Gasteiger partial charge in [-0.3, -0.25) is 0 Å². The summed E-state index contributed by atoms with van der Waals surface area (Å²) in [6, 6.07) is 0. The van der Waals surface area contributed by atoms with Gasteiger partial charge < -0.3 is 19.9 Å². The van der Waals surface area contributed by atoms with Crippen molar-refractivity contribution in [3.05, 3.63) is 0 Å². The third-order valence-electron chi connectivity index (χ3n) is 1.82. The summed E-state index contributed by atoms with van der Waals surface area (Å²) in [5, 5.41) is 11.8. The molecule has 0 spiro atoms. The molecule has 0 amide bonds. The topological polar surface area (TPSA) is 50.7 Å². The van der Waals surface area contributed by atoms with Gasteiger partial charge in [-0.2, -0.15) is 0 Å². The molecular formula is C10H23NO3. The Labute approximate surface area is 86.6 Å². The molecule has 0 heterocycles. The van der Waals surface area contributed by atoms with Crippen LogP contribution in [0, 0.1) is 5.92 Å². The Morgan fingerprint density at radius 1 is 1.36 bits per heavy atom. The van der Waals surface area contributed by atoms with Crippen molar-refractivity contribution in [1.82, 2.24) is 5.32 Å². The van der Waals surface area contributed by atoms with E-state index in [2.05, 4.69) is 12.2 Å². The van der Waals surface area contributed by atoms with Crippen LogP contribution in [0.5, 0.6) is 0 Å². The van der Waals surface area contributed by atoms with Crippen LogP contribution in [-0.4, -0.2) is 51.7 Å². The molecule has 86 valence electrons. The number of nitrogens with one attached hydrogen (secondary N) is 1. The molecule has 14 heavy (non-hydrogen) atoms. The van der Waals surface area contributed by atoms with E-state index in [0.29, 0.717) is 19.1 Å². The van der Waals surface area contributed by atoms with Crippen LogP contribution in [0.25, 0.3) is 0 Å². The zero-order valence-corrected chi connectivity index (χ0v) is 9.29. The molecule has 0 aromatic carbocycles. The number of rotatable bonds is 10. The first-order chi connectivity index (χ1) is 6.81. The zero-order valence-electron chi connectivity index (χ0n) is 9.29. The van der Waals surface area contributed by atoms with E-state index in [-0.39, 0.29) is 6.61 Å². The Morgan fingerprint density at radius 3 is 2.79 bits per heavy atom. The van der Waals surface area contributed by atoms with Crippen LogP contribution in [0.1, 0.15) is 13.3 Å². The highest BCUT2D eigenvalue weighted by molar-refractivity contribution is 4.55. The number of hydrogen-bond acceptors (Lipinski definition) is 4. The van der Waals surface area contributed by atoms with Gasteiger partial charge in [-0.25, -0.2) is 0 Å². The molecule has 1 unspecified atom stereocenters. The Hall–Kier alpha value is -0.160. The van der Waals surface area contributed by atoms with Gasteiger partial charge in [-0.05, 0) is 25.4 Å². The lowest BCUT2D eigenvalue weighted by molar-refractivity contribution is 0.0903. The highest BCUT2D eigenvalue weighted by Crippen LogP contribution is 1.92. The van der Waals surface area contributed by atoms with Gasteiger partial charge in [0, 0.05) is 20.3 Å². The van der Waals surface area contributed by atoms with E-state index >= 15 is 0 Å². The Morgan fingerprint density at radius 2 is 2.14 bits per heavy atom. The first kappa shape index (κ1) is 13.8. The summed E-state index contributed by atoms with van der Waals surface area (Å²) in [7, 11) is 1.72. The molecule has 0 fully saturated rings. The van der Waals surface area contributed by atoms with Crippen molar-refractivity contribution in [3.8, 4) is 0 Å². The van der Waals surface area contributed by atoms with Crippen LogP contribution in [0.15, 0.2) is 0 Å². The predicted molar refractivity (Wildman–Crippen MR) is 56.4 cm³/mol. The number of aliphatic hydroxyl groups is 1. The van der Waals surface area contributed by atoms with Crippen molar-refractivity contribution >= 4 is 0 Å². The second kappa shape index (κ2) is 10.9. The van der Waals surface area contributed by atoms with Crippen LogP contribution < -0.4 is 5.32 Å². The lowest BCUT2D eigenvalue weighted by Gasteiger charge is -2.11. The standard InChI is InChI=1S/C10H23NO3/c1-10(9-13-2)8-11-4-3-6-14-7-5-12/h10-12H,3-9H2,1-2H3. The first-order valence-electron chi connectivity index (χ1n) is 5.19. The predicted octanol–water partition coefficient (Wildman–Crippen LogP) is 0.258. The van der Waals surface area contributed by atoms with E-state index in [9.17, 15) is 0 Å². The van der Waals surface area contributed by atoms with E-state index in [4.69, 9.17) is 14.6 Å². The monoisotopic (exact) mass is 205 g/mol. The number of hydrogen-bond donors (Lipinski definition) is 2. The summed E-state index contributed by atoms with van der Waals surface area (Å²) in [5.41, 5.74) is 0. The van der Waals surface area contributed by atoms with E-state index in [1.807, 2.05) is 0 Å². The molecule has 0 bridgehead atoms. The van der Waals surface area contributed by atoms with Gasteiger partial charge in [0.1, 0.15) is 0 Å². The molecule has 0 saturated carbocycles.